The second-order valence-corrected chi connectivity index (χ2v) is 9.98. The molecule has 4 aromatic heterocycles. The number of aryl methyl sites for hydroxylation is 1. The second-order valence-electron chi connectivity index (χ2n) is 9.98. The van der Waals surface area contributed by atoms with E-state index in [9.17, 15) is 14.0 Å². The highest BCUT2D eigenvalue weighted by Crippen LogP contribution is 2.27. The molecule has 1 saturated heterocycles. The number of ether oxygens (including phenoxy) is 1. The van der Waals surface area contributed by atoms with Gasteiger partial charge in [0.1, 0.15) is 22.8 Å². The Morgan fingerprint density at radius 3 is 2.66 bits per heavy atom. The molecule has 1 fully saturated rings. The van der Waals surface area contributed by atoms with Gasteiger partial charge in [-0.05, 0) is 37.3 Å². The fourth-order valence-corrected chi connectivity index (χ4v) is 5.20. The number of benzene rings is 1. The SMILES string of the molecule is C[C@H](Oc1ccc(N2CCN(CCn3c(=O)n(C)c4c3nc(N)n3nc(-c5ccco5)cc43)CC2)c(F)c1)C(=O)O. The van der Waals surface area contributed by atoms with Gasteiger partial charge in [0.15, 0.2) is 17.5 Å². The summed E-state index contributed by atoms with van der Waals surface area (Å²) in [5.41, 5.74) is 8.81. The Labute approximate surface area is 232 Å². The van der Waals surface area contributed by atoms with Gasteiger partial charge in [0, 0.05) is 52.4 Å². The van der Waals surface area contributed by atoms with E-state index in [-0.39, 0.29) is 17.4 Å². The van der Waals surface area contributed by atoms with Crippen LogP contribution in [-0.4, -0.2) is 78.5 Å². The van der Waals surface area contributed by atoms with E-state index in [1.165, 1.54) is 17.5 Å². The van der Waals surface area contributed by atoms with Crippen molar-refractivity contribution in [2.24, 2.45) is 7.05 Å². The maximum absolute atomic E-state index is 14.8. The molecule has 5 heterocycles. The van der Waals surface area contributed by atoms with E-state index < -0.39 is 17.9 Å². The Morgan fingerprint density at radius 2 is 1.98 bits per heavy atom. The Morgan fingerprint density at radius 1 is 1.20 bits per heavy atom. The molecule has 0 spiro atoms. The highest BCUT2D eigenvalue weighted by atomic mass is 19.1. The molecule has 1 atom stereocenters. The van der Waals surface area contributed by atoms with Crippen LogP contribution in [0.4, 0.5) is 16.0 Å². The van der Waals surface area contributed by atoms with Crippen LogP contribution in [0.3, 0.4) is 0 Å². The Hall–Kier alpha value is -4.85. The number of piperazine rings is 1. The molecule has 41 heavy (non-hydrogen) atoms. The zero-order chi connectivity index (χ0) is 28.8. The summed E-state index contributed by atoms with van der Waals surface area (Å²) < 4.78 is 30.2. The maximum Gasteiger partial charge on any atom is 0.344 e. The average molecular weight is 565 g/mol. The number of nitrogens with two attached hydrogens (primary N) is 1. The van der Waals surface area contributed by atoms with E-state index in [0.29, 0.717) is 73.1 Å². The molecule has 3 N–H and O–H groups in total. The van der Waals surface area contributed by atoms with Gasteiger partial charge in [-0.15, -0.1) is 0 Å². The number of hydrogen-bond donors (Lipinski definition) is 2. The van der Waals surface area contributed by atoms with Gasteiger partial charge in [0.2, 0.25) is 5.95 Å². The van der Waals surface area contributed by atoms with Crippen LogP contribution in [0.15, 0.2) is 51.9 Å². The number of nitrogens with zero attached hydrogens (tertiary/aromatic N) is 7. The Kier molecular flexibility index (Phi) is 6.61. The number of rotatable bonds is 8. The number of hydrogen-bond acceptors (Lipinski definition) is 9. The predicted molar refractivity (Wildman–Crippen MR) is 149 cm³/mol. The number of anilines is 2. The molecule has 13 nitrogen and oxygen atoms in total. The van der Waals surface area contributed by atoms with Gasteiger partial charge >= 0.3 is 11.7 Å². The van der Waals surface area contributed by atoms with Crippen molar-refractivity contribution in [2.45, 2.75) is 19.6 Å². The zero-order valence-electron chi connectivity index (χ0n) is 22.5. The monoisotopic (exact) mass is 564 g/mol. The number of halogens is 1. The third-order valence-electron chi connectivity index (χ3n) is 7.42. The number of carboxylic acids is 1. The highest BCUT2D eigenvalue weighted by molar-refractivity contribution is 5.91. The van der Waals surface area contributed by atoms with Crippen LogP contribution in [0.5, 0.6) is 5.75 Å². The van der Waals surface area contributed by atoms with Crippen LogP contribution in [-0.2, 0) is 18.4 Å². The van der Waals surface area contributed by atoms with E-state index >= 15 is 0 Å². The molecule has 1 aromatic carbocycles. The standard InChI is InChI=1S/C27H29FN8O5/c1-16(25(37)38)41-17-5-6-20(18(28)14-17)34-10-7-33(8-11-34)9-12-35-24-23(32(2)27(35)39)21-15-19(22-4-3-13-40-22)31-36(21)26(29)30-24/h3-6,13-16H,7-12H2,1-2H3,(H2,29,30)(H,37,38)/t16-/m0/s1. The molecule has 1 aliphatic rings. The topological polar surface area (TPSA) is 149 Å². The number of aliphatic carboxylic acids is 1. The minimum absolute atomic E-state index is 0.161. The lowest BCUT2D eigenvalue weighted by molar-refractivity contribution is -0.144. The van der Waals surface area contributed by atoms with Crippen LogP contribution in [0.25, 0.3) is 28.1 Å². The smallest absolute Gasteiger partial charge is 0.344 e. The van der Waals surface area contributed by atoms with Crippen LogP contribution in [0.1, 0.15) is 6.92 Å². The first-order valence-electron chi connectivity index (χ1n) is 13.2. The average Bonchev–Trinajstić information content (AvgIpc) is 3.68. The predicted octanol–water partition coefficient (Wildman–Crippen LogP) is 2.04. The summed E-state index contributed by atoms with van der Waals surface area (Å²) in [6.45, 7) is 4.90. The number of furan rings is 1. The van der Waals surface area contributed by atoms with Crippen molar-refractivity contribution in [1.29, 1.82) is 0 Å². The minimum Gasteiger partial charge on any atom is -0.479 e. The van der Waals surface area contributed by atoms with Crippen molar-refractivity contribution in [2.75, 3.05) is 43.4 Å². The van der Waals surface area contributed by atoms with Gasteiger partial charge in [-0.2, -0.15) is 14.6 Å². The first-order chi connectivity index (χ1) is 19.7. The first kappa shape index (κ1) is 26.4. The van der Waals surface area contributed by atoms with E-state index in [1.54, 1.807) is 46.7 Å². The fourth-order valence-electron chi connectivity index (χ4n) is 5.20. The van der Waals surface area contributed by atoms with Gasteiger partial charge in [0.05, 0.1) is 17.5 Å². The van der Waals surface area contributed by atoms with Crippen LogP contribution < -0.4 is 21.1 Å². The fraction of sp³-hybridized carbons (Fsp3) is 0.333. The molecule has 0 bridgehead atoms. The summed E-state index contributed by atoms with van der Waals surface area (Å²) in [4.78, 5) is 32.9. The number of nitrogen functional groups attached to an aromatic ring is 1. The molecule has 0 unspecified atom stereocenters. The van der Waals surface area contributed by atoms with Gasteiger partial charge in [-0.3, -0.25) is 14.0 Å². The molecule has 0 amide bonds. The molecule has 14 heteroatoms. The normalized spacial score (nSPS) is 15.1. The molecule has 214 valence electrons. The summed E-state index contributed by atoms with van der Waals surface area (Å²) in [6.07, 6.45) is 0.491. The van der Waals surface area contributed by atoms with Crippen LogP contribution in [0.2, 0.25) is 0 Å². The Bertz CT molecular complexity index is 1800. The zero-order valence-corrected chi connectivity index (χ0v) is 22.5. The molecular formula is C27H29FN8O5. The summed E-state index contributed by atoms with van der Waals surface area (Å²) in [5, 5.41) is 13.5. The lowest BCUT2D eigenvalue weighted by Crippen LogP contribution is -2.47. The lowest BCUT2D eigenvalue weighted by Gasteiger charge is -2.36. The number of carbonyl (C=O) groups is 1. The summed E-state index contributed by atoms with van der Waals surface area (Å²) in [5.74, 6) is -0.679. The van der Waals surface area contributed by atoms with E-state index in [2.05, 4.69) is 15.0 Å². The van der Waals surface area contributed by atoms with Gasteiger partial charge in [-0.25, -0.2) is 14.0 Å². The molecular weight excluding hydrogens is 535 g/mol. The third kappa shape index (κ3) is 4.75. The number of aromatic nitrogens is 5. The van der Waals surface area contributed by atoms with Gasteiger partial charge < -0.3 is 24.9 Å². The van der Waals surface area contributed by atoms with Crippen LogP contribution >= 0.6 is 0 Å². The van der Waals surface area contributed by atoms with E-state index in [4.69, 9.17) is 20.0 Å². The van der Waals surface area contributed by atoms with Crippen molar-refractivity contribution in [1.82, 2.24) is 28.6 Å². The minimum atomic E-state index is -1.12. The van der Waals surface area contributed by atoms with Crippen molar-refractivity contribution in [3.8, 4) is 17.2 Å². The number of carboxylic acid groups (broad SMARTS) is 1. The van der Waals surface area contributed by atoms with Crippen molar-refractivity contribution in [3.63, 3.8) is 0 Å². The lowest BCUT2D eigenvalue weighted by atomic mass is 10.2. The van der Waals surface area contributed by atoms with Gasteiger partial charge in [-0.1, -0.05) is 0 Å². The Balaban J connectivity index is 1.16. The highest BCUT2D eigenvalue weighted by Gasteiger charge is 2.23. The quantitative estimate of drug-likeness (QED) is 0.287. The molecule has 0 aliphatic carbocycles. The van der Waals surface area contributed by atoms with E-state index in [0.717, 1.165) is 0 Å². The summed E-state index contributed by atoms with van der Waals surface area (Å²) in [7, 11) is 1.70. The summed E-state index contributed by atoms with van der Waals surface area (Å²) >= 11 is 0. The number of imidazole rings is 1. The van der Waals surface area contributed by atoms with E-state index in [1.807, 2.05) is 11.0 Å². The largest absolute Gasteiger partial charge is 0.479 e. The molecule has 1 aliphatic heterocycles. The maximum atomic E-state index is 14.8. The number of fused-ring (bicyclic) bond motifs is 3. The van der Waals surface area contributed by atoms with Crippen molar-refractivity contribution >= 4 is 34.3 Å². The summed E-state index contributed by atoms with van der Waals surface area (Å²) in [6, 6.07) is 9.79. The third-order valence-corrected chi connectivity index (χ3v) is 7.42. The first-order valence-corrected chi connectivity index (χ1v) is 13.2. The molecule has 6 rings (SSSR count). The van der Waals surface area contributed by atoms with Crippen molar-refractivity contribution in [3.05, 3.63) is 59.0 Å². The molecule has 0 saturated carbocycles. The molecule has 0 radical (unpaired) electrons. The second kappa shape index (κ2) is 10.3. The van der Waals surface area contributed by atoms with Crippen molar-refractivity contribution < 1.29 is 23.4 Å². The van der Waals surface area contributed by atoms with Gasteiger partial charge in [0.25, 0.3) is 0 Å². The van der Waals surface area contributed by atoms with Crippen LogP contribution in [0, 0.1) is 5.82 Å². The molecule has 5 aromatic rings.